The third-order valence-corrected chi connectivity index (χ3v) is 6.10. The predicted molar refractivity (Wildman–Crippen MR) is 100 cm³/mol. The molecule has 0 saturated heterocycles. The number of nitrogens with one attached hydrogen (secondary N) is 2. The third-order valence-electron chi connectivity index (χ3n) is 4.31. The number of sulfonamides is 1. The Morgan fingerprint density at radius 1 is 1.23 bits per heavy atom. The summed E-state index contributed by atoms with van der Waals surface area (Å²) in [6.45, 7) is 1.96. The van der Waals surface area contributed by atoms with Gasteiger partial charge in [-0.25, -0.2) is 13.1 Å². The highest BCUT2D eigenvalue weighted by Gasteiger charge is 2.26. The van der Waals surface area contributed by atoms with Crippen molar-refractivity contribution in [3.63, 3.8) is 0 Å². The number of amides is 1. The summed E-state index contributed by atoms with van der Waals surface area (Å²) >= 11 is 6.00. The summed E-state index contributed by atoms with van der Waals surface area (Å²) in [5, 5.41) is 3.37. The van der Waals surface area contributed by atoms with Gasteiger partial charge < -0.3 is 10.1 Å². The van der Waals surface area contributed by atoms with Gasteiger partial charge in [-0.05, 0) is 61.9 Å². The Morgan fingerprint density at radius 3 is 2.73 bits per heavy atom. The quantitative estimate of drug-likeness (QED) is 0.835. The van der Waals surface area contributed by atoms with E-state index in [1.165, 1.54) is 13.1 Å². The van der Waals surface area contributed by atoms with E-state index in [9.17, 15) is 13.2 Å². The predicted octanol–water partition coefficient (Wildman–Crippen LogP) is 2.75. The molecule has 3 rings (SSSR count). The summed E-state index contributed by atoms with van der Waals surface area (Å²) < 4.78 is 32.1. The summed E-state index contributed by atoms with van der Waals surface area (Å²) in [7, 11) is -2.25. The van der Waals surface area contributed by atoms with E-state index in [1.54, 1.807) is 37.3 Å². The van der Waals surface area contributed by atoms with Crippen molar-refractivity contribution in [3.05, 3.63) is 52.5 Å². The Morgan fingerprint density at radius 2 is 2.00 bits per heavy atom. The molecule has 0 unspecified atom stereocenters. The molecule has 0 aromatic heterocycles. The standard InChI is InChI=1S/C18H19ClN2O4S/c1-11-3-5-15(9-17(11)26(23,24)20-2)21-18(22)13-7-12-8-14(19)4-6-16(12)25-10-13/h3-6,8-9,13,20H,7,10H2,1-2H3,(H,21,22)/t13-/m1/s1. The normalized spacial score (nSPS) is 16.5. The highest BCUT2D eigenvalue weighted by atomic mass is 35.5. The van der Waals surface area contributed by atoms with Gasteiger partial charge in [0.1, 0.15) is 12.4 Å². The van der Waals surface area contributed by atoms with Gasteiger partial charge in [0.2, 0.25) is 15.9 Å². The van der Waals surface area contributed by atoms with Crippen molar-refractivity contribution in [3.8, 4) is 5.75 Å². The van der Waals surface area contributed by atoms with Gasteiger partial charge in [-0.1, -0.05) is 17.7 Å². The molecule has 1 aliphatic rings. The Kier molecular flexibility index (Phi) is 5.22. The van der Waals surface area contributed by atoms with Crippen LogP contribution in [0.4, 0.5) is 5.69 Å². The van der Waals surface area contributed by atoms with Crippen LogP contribution in [0.3, 0.4) is 0 Å². The zero-order chi connectivity index (χ0) is 18.9. The van der Waals surface area contributed by atoms with Crippen molar-refractivity contribution in [1.29, 1.82) is 0 Å². The minimum absolute atomic E-state index is 0.134. The average Bonchev–Trinajstić information content (AvgIpc) is 2.62. The van der Waals surface area contributed by atoms with E-state index >= 15 is 0 Å². The topological polar surface area (TPSA) is 84.5 Å². The summed E-state index contributed by atoms with van der Waals surface area (Å²) in [5.74, 6) is 0.120. The number of benzene rings is 2. The van der Waals surface area contributed by atoms with Gasteiger partial charge >= 0.3 is 0 Å². The number of aryl methyl sites for hydroxylation is 1. The van der Waals surface area contributed by atoms with E-state index in [0.29, 0.717) is 22.7 Å². The lowest BCUT2D eigenvalue weighted by molar-refractivity contribution is -0.121. The zero-order valence-corrected chi connectivity index (χ0v) is 15.9. The van der Waals surface area contributed by atoms with E-state index in [1.807, 2.05) is 0 Å². The van der Waals surface area contributed by atoms with E-state index < -0.39 is 10.0 Å². The first-order valence-electron chi connectivity index (χ1n) is 8.06. The molecule has 2 N–H and O–H groups in total. The van der Waals surface area contributed by atoms with Crippen LogP contribution in [0.2, 0.25) is 5.02 Å². The maximum atomic E-state index is 12.6. The van der Waals surface area contributed by atoms with E-state index in [0.717, 1.165) is 11.3 Å². The molecule has 1 heterocycles. The van der Waals surface area contributed by atoms with Crippen LogP contribution < -0.4 is 14.8 Å². The fraction of sp³-hybridized carbons (Fsp3) is 0.278. The molecule has 0 spiro atoms. The molecule has 0 aliphatic carbocycles. The van der Waals surface area contributed by atoms with Gasteiger partial charge in [-0.3, -0.25) is 4.79 Å². The lowest BCUT2D eigenvalue weighted by atomic mass is 9.96. The van der Waals surface area contributed by atoms with Crippen molar-refractivity contribution < 1.29 is 17.9 Å². The van der Waals surface area contributed by atoms with E-state index in [2.05, 4.69) is 10.0 Å². The molecule has 6 nitrogen and oxygen atoms in total. The van der Waals surface area contributed by atoms with Gasteiger partial charge in [0.15, 0.2) is 0 Å². The second kappa shape index (κ2) is 7.26. The maximum absolute atomic E-state index is 12.6. The molecule has 26 heavy (non-hydrogen) atoms. The molecule has 1 aliphatic heterocycles. The van der Waals surface area contributed by atoms with Gasteiger partial charge in [-0.15, -0.1) is 0 Å². The summed E-state index contributed by atoms with van der Waals surface area (Å²) in [5.41, 5.74) is 1.90. The van der Waals surface area contributed by atoms with Gasteiger partial charge in [0.05, 0.1) is 10.8 Å². The van der Waals surface area contributed by atoms with Crippen molar-refractivity contribution in [2.24, 2.45) is 5.92 Å². The molecule has 0 bridgehead atoms. The average molecular weight is 395 g/mol. The number of ether oxygens (including phenoxy) is 1. The number of carbonyl (C=O) groups excluding carboxylic acids is 1. The Bertz CT molecular complexity index is 960. The van der Waals surface area contributed by atoms with Crippen molar-refractivity contribution in [1.82, 2.24) is 4.72 Å². The smallest absolute Gasteiger partial charge is 0.240 e. The molecule has 0 radical (unpaired) electrons. The van der Waals surface area contributed by atoms with Crippen LogP contribution in [0.5, 0.6) is 5.75 Å². The minimum atomic E-state index is -3.60. The number of rotatable bonds is 4. The Balaban J connectivity index is 1.78. The van der Waals surface area contributed by atoms with Gasteiger partial charge in [0, 0.05) is 10.7 Å². The molecule has 1 atom stereocenters. The second-order valence-electron chi connectivity index (χ2n) is 6.14. The number of fused-ring (bicyclic) bond motifs is 1. The summed E-state index contributed by atoms with van der Waals surface area (Å²) in [6, 6.07) is 10.1. The first kappa shape index (κ1) is 18.7. The van der Waals surface area contributed by atoms with E-state index in [-0.39, 0.29) is 23.3 Å². The molecule has 0 saturated carbocycles. The van der Waals surface area contributed by atoms with Crippen LogP contribution in [0, 0.1) is 12.8 Å². The highest BCUT2D eigenvalue weighted by molar-refractivity contribution is 7.89. The minimum Gasteiger partial charge on any atom is -0.492 e. The van der Waals surface area contributed by atoms with Crippen LogP contribution in [-0.2, 0) is 21.2 Å². The van der Waals surface area contributed by atoms with Crippen LogP contribution in [0.1, 0.15) is 11.1 Å². The molecule has 0 fully saturated rings. The third kappa shape index (κ3) is 3.85. The van der Waals surface area contributed by atoms with Crippen molar-refractivity contribution in [2.75, 3.05) is 19.0 Å². The Labute approximate surface area is 157 Å². The van der Waals surface area contributed by atoms with Crippen LogP contribution in [-0.4, -0.2) is 28.0 Å². The van der Waals surface area contributed by atoms with Gasteiger partial charge in [0.25, 0.3) is 0 Å². The van der Waals surface area contributed by atoms with Crippen LogP contribution in [0.15, 0.2) is 41.3 Å². The SMILES string of the molecule is CNS(=O)(=O)c1cc(NC(=O)[C@H]2COc3ccc(Cl)cc3C2)ccc1C. The monoisotopic (exact) mass is 394 g/mol. The molecule has 2 aromatic carbocycles. The maximum Gasteiger partial charge on any atom is 0.240 e. The van der Waals surface area contributed by atoms with Crippen molar-refractivity contribution >= 4 is 33.2 Å². The number of halogens is 1. The summed E-state index contributed by atoms with van der Waals surface area (Å²) in [6.07, 6.45) is 0.509. The fourth-order valence-electron chi connectivity index (χ4n) is 2.85. The van der Waals surface area contributed by atoms with Crippen molar-refractivity contribution in [2.45, 2.75) is 18.2 Å². The largest absolute Gasteiger partial charge is 0.492 e. The number of carbonyl (C=O) groups is 1. The zero-order valence-electron chi connectivity index (χ0n) is 14.4. The summed E-state index contributed by atoms with van der Waals surface area (Å²) in [4.78, 5) is 12.7. The van der Waals surface area contributed by atoms with Crippen LogP contribution in [0.25, 0.3) is 0 Å². The molecule has 8 heteroatoms. The number of hydrogen-bond donors (Lipinski definition) is 2. The molecule has 1 amide bonds. The molecule has 138 valence electrons. The fourth-order valence-corrected chi connectivity index (χ4v) is 4.04. The molecular weight excluding hydrogens is 376 g/mol. The number of hydrogen-bond acceptors (Lipinski definition) is 4. The van der Waals surface area contributed by atoms with Gasteiger partial charge in [-0.2, -0.15) is 0 Å². The Hall–Kier alpha value is -2.09. The first-order chi connectivity index (χ1) is 12.3. The highest BCUT2D eigenvalue weighted by Crippen LogP contribution is 2.30. The molecule has 2 aromatic rings. The van der Waals surface area contributed by atoms with Crippen LogP contribution >= 0.6 is 11.6 Å². The molecular formula is C18H19ClN2O4S. The second-order valence-corrected chi connectivity index (χ2v) is 8.43. The first-order valence-corrected chi connectivity index (χ1v) is 9.92. The van der Waals surface area contributed by atoms with E-state index in [4.69, 9.17) is 16.3 Å². The lowest BCUT2D eigenvalue weighted by Gasteiger charge is -2.25. The number of anilines is 1. The lowest BCUT2D eigenvalue weighted by Crippen LogP contribution is -2.32.